The third-order valence-electron chi connectivity index (χ3n) is 3.94. The standard InChI is InChI=1S/C13H19NO2/c1-16-10-13(7-12(13,8-14)9-15)11-5-3-2-4-6-11/h2-6,15H,7-10,14H2,1H3. The number of ether oxygens (including phenoxy) is 1. The zero-order valence-corrected chi connectivity index (χ0v) is 9.65. The molecule has 2 atom stereocenters. The van der Waals surface area contributed by atoms with Gasteiger partial charge in [0, 0.05) is 24.5 Å². The summed E-state index contributed by atoms with van der Waals surface area (Å²) < 4.78 is 5.32. The molecule has 2 unspecified atom stereocenters. The summed E-state index contributed by atoms with van der Waals surface area (Å²) in [5.41, 5.74) is 6.74. The molecule has 1 aliphatic rings. The predicted octanol–water partition coefficient (Wildman–Crippen LogP) is 0.912. The molecular formula is C13H19NO2. The van der Waals surface area contributed by atoms with Crippen LogP contribution in [0.3, 0.4) is 0 Å². The van der Waals surface area contributed by atoms with Crippen molar-refractivity contribution in [1.82, 2.24) is 0 Å². The lowest BCUT2D eigenvalue weighted by molar-refractivity contribution is 0.127. The summed E-state index contributed by atoms with van der Waals surface area (Å²) in [4.78, 5) is 0. The Morgan fingerprint density at radius 3 is 2.50 bits per heavy atom. The number of nitrogens with two attached hydrogens (primary N) is 1. The highest BCUT2D eigenvalue weighted by atomic mass is 16.5. The van der Waals surface area contributed by atoms with Crippen molar-refractivity contribution in [2.24, 2.45) is 11.1 Å². The van der Waals surface area contributed by atoms with Gasteiger partial charge in [0.2, 0.25) is 0 Å². The highest BCUT2D eigenvalue weighted by molar-refractivity contribution is 5.39. The molecule has 0 radical (unpaired) electrons. The molecule has 1 aliphatic carbocycles. The van der Waals surface area contributed by atoms with Gasteiger partial charge in [-0.2, -0.15) is 0 Å². The molecule has 0 aliphatic heterocycles. The van der Waals surface area contributed by atoms with Gasteiger partial charge in [-0.25, -0.2) is 0 Å². The van der Waals surface area contributed by atoms with Gasteiger partial charge < -0.3 is 15.6 Å². The first-order chi connectivity index (χ1) is 7.74. The van der Waals surface area contributed by atoms with Crippen LogP contribution in [0, 0.1) is 5.41 Å². The maximum atomic E-state index is 9.54. The van der Waals surface area contributed by atoms with Gasteiger partial charge >= 0.3 is 0 Å². The first-order valence-electron chi connectivity index (χ1n) is 5.60. The molecular weight excluding hydrogens is 202 g/mol. The maximum absolute atomic E-state index is 9.54. The van der Waals surface area contributed by atoms with Crippen molar-refractivity contribution < 1.29 is 9.84 Å². The predicted molar refractivity (Wildman–Crippen MR) is 63.2 cm³/mol. The number of aliphatic hydroxyl groups excluding tert-OH is 1. The Morgan fingerprint density at radius 2 is 2.06 bits per heavy atom. The summed E-state index contributed by atoms with van der Waals surface area (Å²) in [5.74, 6) is 0. The van der Waals surface area contributed by atoms with E-state index in [0.717, 1.165) is 6.42 Å². The lowest BCUT2D eigenvalue weighted by Crippen LogP contribution is -2.32. The Kier molecular flexibility index (Phi) is 3.02. The topological polar surface area (TPSA) is 55.5 Å². The van der Waals surface area contributed by atoms with Crippen LogP contribution in [-0.2, 0) is 10.2 Å². The van der Waals surface area contributed by atoms with Gasteiger partial charge in [0.25, 0.3) is 0 Å². The van der Waals surface area contributed by atoms with Crippen LogP contribution in [0.4, 0.5) is 0 Å². The van der Waals surface area contributed by atoms with E-state index in [-0.39, 0.29) is 17.4 Å². The molecule has 0 amide bonds. The Labute approximate surface area is 96.2 Å². The van der Waals surface area contributed by atoms with E-state index in [1.165, 1.54) is 5.56 Å². The Bertz CT molecular complexity index is 348. The SMILES string of the molecule is COCC1(c2ccccc2)CC1(CN)CO. The van der Waals surface area contributed by atoms with E-state index in [9.17, 15) is 5.11 Å². The van der Waals surface area contributed by atoms with E-state index >= 15 is 0 Å². The number of hydrogen-bond donors (Lipinski definition) is 2. The van der Waals surface area contributed by atoms with E-state index in [0.29, 0.717) is 13.2 Å². The van der Waals surface area contributed by atoms with Crippen LogP contribution < -0.4 is 5.73 Å². The molecule has 1 saturated carbocycles. The number of aliphatic hydroxyl groups is 1. The third kappa shape index (κ3) is 1.47. The lowest BCUT2D eigenvalue weighted by Gasteiger charge is -2.23. The molecule has 2 rings (SSSR count). The molecule has 88 valence electrons. The molecule has 0 bridgehead atoms. The summed E-state index contributed by atoms with van der Waals surface area (Å²) >= 11 is 0. The average molecular weight is 221 g/mol. The van der Waals surface area contributed by atoms with Gasteiger partial charge in [0.05, 0.1) is 13.2 Å². The second kappa shape index (κ2) is 4.17. The number of rotatable bonds is 5. The van der Waals surface area contributed by atoms with Crippen molar-refractivity contribution in [3.05, 3.63) is 35.9 Å². The first-order valence-corrected chi connectivity index (χ1v) is 5.60. The van der Waals surface area contributed by atoms with E-state index in [4.69, 9.17) is 10.5 Å². The van der Waals surface area contributed by atoms with Gasteiger partial charge in [-0.1, -0.05) is 30.3 Å². The fourth-order valence-corrected chi connectivity index (χ4v) is 2.77. The molecule has 16 heavy (non-hydrogen) atoms. The van der Waals surface area contributed by atoms with Gasteiger partial charge in [-0.05, 0) is 12.0 Å². The first kappa shape index (κ1) is 11.6. The molecule has 0 heterocycles. The largest absolute Gasteiger partial charge is 0.396 e. The van der Waals surface area contributed by atoms with Crippen molar-refractivity contribution in [3.63, 3.8) is 0 Å². The molecule has 0 saturated heterocycles. The molecule has 1 fully saturated rings. The zero-order chi connectivity index (χ0) is 11.6. The van der Waals surface area contributed by atoms with Gasteiger partial charge in [0.15, 0.2) is 0 Å². The lowest BCUT2D eigenvalue weighted by atomic mass is 9.87. The summed E-state index contributed by atoms with van der Waals surface area (Å²) in [6, 6.07) is 10.2. The van der Waals surface area contributed by atoms with Gasteiger partial charge in [0.1, 0.15) is 0 Å². The normalized spacial score (nSPS) is 32.7. The van der Waals surface area contributed by atoms with Crippen LogP contribution in [0.5, 0.6) is 0 Å². The van der Waals surface area contributed by atoms with E-state index < -0.39 is 0 Å². The highest BCUT2D eigenvalue weighted by Crippen LogP contribution is 2.63. The summed E-state index contributed by atoms with van der Waals surface area (Å²) in [6.45, 7) is 1.25. The number of methoxy groups -OCH3 is 1. The van der Waals surface area contributed by atoms with E-state index in [1.54, 1.807) is 7.11 Å². The van der Waals surface area contributed by atoms with Crippen molar-refractivity contribution in [2.45, 2.75) is 11.8 Å². The van der Waals surface area contributed by atoms with Crippen LogP contribution in [0.1, 0.15) is 12.0 Å². The minimum absolute atomic E-state index is 0.0908. The van der Waals surface area contributed by atoms with Crippen LogP contribution in [-0.4, -0.2) is 32.0 Å². The molecule has 0 aromatic heterocycles. The summed E-state index contributed by atoms with van der Waals surface area (Å²) in [7, 11) is 1.70. The van der Waals surface area contributed by atoms with Crippen molar-refractivity contribution >= 4 is 0 Å². The van der Waals surface area contributed by atoms with Crippen LogP contribution >= 0.6 is 0 Å². The molecule has 3 nitrogen and oxygen atoms in total. The average Bonchev–Trinajstić information content (AvgIpc) is 3.01. The molecule has 1 aromatic carbocycles. The highest BCUT2D eigenvalue weighted by Gasteiger charge is 2.66. The molecule has 3 N–H and O–H groups in total. The quantitative estimate of drug-likeness (QED) is 0.777. The van der Waals surface area contributed by atoms with Gasteiger partial charge in [-0.3, -0.25) is 0 Å². The summed E-state index contributed by atoms with van der Waals surface area (Å²) in [6.07, 6.45) is 0.908. The molecule has 0 spiro atoms. The zero-order valence-electron chi connectivity index (χ0n) is 9.65. The van der Waals surface area contributed by atoms with E-state index in [1.807, 2.05) is 18.2 Å². The second-order valence-electron chi connectivity index (χ2n) is 4.70. The minimum atomic E-state index is -0.190. The Morgan fingerprint density at radius 1 is 1.38 bits per heavy atom. The number of hydrogen-bond acceptors (Lipinski definition) is 3. The van der Waals surface area contributed by atoms with Gasteiger partial charge in [-0.15, -0.1) is 0 Å². The fourth-order valence-electron chi connectivity index (χ4n) is 2.77. The van der Waals surface area contributed by atoms with Crippen LogP contribution in [0.15, 0.2) is 30.3 Å². The summed E-state index contributed by atoms with van der Waals surface area (Å²) in [5, 5.41) is 9.54. The van der Waals surface area contributed by atoms with E-state index in [2.05, 4.69) is 12.1 Å². The second-order valence-corrected chi connectivity index (χ2v) is 4.70. The third-order valence-corrected chi connectivity index (χ3v) is 3.94. The number of benzene rings is 1. The fraction of sp³-hybridized carbons (Fsp3) is 0.538. The molecule has 1 aromatic rings. The van der Waals surface area contributed by atoms with Crippen molar-refractivity contribution in [1.29, 1.82) is 0 Å². The Hall–Kier alpha value is -0.900. The van der Waals surface area contributed by atoms with Crippen LogP contribution in [0.2, 0.25) is 0 Å². The molecule has 3 heteroatoms. The van der Waals surface area contributed by atoms with Crippen LogP contribution in [0.25, 0.3) is 0 Å². The van der Waals surface area contributed by atoms with Crippen molar-refractivity contribution in [2.75, 3.05) is 26.9 Å². The van der Waals surface area contributed by atoms with Crippen molar-refractivity contribution in [3.8, 4) is 0 Å². The minimum Gasteiger partial charge on any atom is -0.396 e. The smallest absolute Gasteiger partial charge is 0.0566 e. The Balaban J connectivity index is 2.33. The maximum Gasteiger partial charge on any atom is 0.0566 e. The monoisotopic (exact) mass is 221 g/mol.